The number of aliphatic imine (C=N–C) groups is 1. The van der Waals surface area contributed by atoms with Crippen molar-refractivity contribution in [1.29, 1.82) is 0 Å². The molecule has 3 rings (SSSR count). The van der Waals surface area contributed by atoms with Gasteiger partial charge >= 0.3 is 0 Å². The van der Waals surface area contributed by atoms with E-state index in [2.05, 4.69) is 4.99 Å². The van der Waals surface area contributed by atoms with E-state index in [9.17, 15) is 4.79 Å². The highest BCUT2D eigenvalue weighted by atomic mass is 16.5. The fraction of sp³-hybridized carbons (Fsp3) is 0.125. The highest BCUT2D eigenvalue weighted by Crippen LogP contribution is 2.23. The van der Waals surface area contributed by atoms with Crippen molar-refractivity contribution < 1.29 is 14.3 Å². The quantitative estimate of drug-likeness (QED) is 0.800. The molecule has 0 N–H and O–H groups in total. The first kappa shape index (κ1) is 13.2. The van der Waals surface area contributed by atoms with Gasteiger partial charge in [-0.2, -0.15) is 0 Å². The first-order valence-corrected chi connectivity index (χ1v) is 6.43. The Balaban J connectivity index is 1.91. The molecule has 106 valence electrons. The number of hydrogen-bond donors (Lipinski definition) is 0. The fourth-order valence-corrected chi connectivity index (χ4v) is 2.10. The van der Waals surface area contributed by atoms with Gasteiger partial charge in [-0.15, -0.1) is 0 Å². The third kappa shape index (κ3) is 2.45. The van der Waals surface area contributed by atoms with Gasteiger partial charge in [-0.1, -0.05) is 12.1 Å². The zero-order valence-electron chi connectivity index (χ0n) is 11.7. The SMILES string of the molecule is COC1=CC2=N/C(=C\c3ccc(OC)cc3)C(=O)N2C=C1. The lowest BCUT2D eigenvalue weighted by molar-refractivity contribution is -0.120. The van der Waals surface area contributed by atoms with E-state index in [4.69, 9.17) is 9.47 Å². The monoisotopic (exact) mass is 282 g/mol. The number of amidine groups is 1. The van der Waals surface area contributed by atoms with Crippen LogP contribution in [-0.2, 0) is 9.53 Å². The van der Waals surface area contributed by atoms with Crippen LogP contribution < -0.4 is 4.74 Å². The molecule has 0 fully saturated rings. The van der Waals surface area contributed by atoms with Crippen LogP contribution in [0.15, 0.2) is 59.1 Å². The van der Waals surface area contributed by atoms with E-state index in [-0.39, 0.29) is 5.91 Å². The van der Waals surface area contributed by atoms with Crippen molar-refractivity contribution in [2.75, 3.05) is 14.2 Å². The van der Waals surface area contributed by atoms with E-state index in [0.29, 0.717) is 17.3 Å². The number of carbonyl (C=O) groups excluding carboxylic acids is 1. The van der Waals surface area contributed by atoms with Crippen LogP contribution in [0.25, 0.3) is 6.08 Å². The van der Waals surface area contributed by atoms with Gasteiger partial charge < -0.3 is 9.47 Å². The Morgan fingerprint density at radius 2 is 1.90 bits per heavy atom. The maximum absolute atomic E-state index is 12.3. The van der Waals surface area contributed by atoms with Gasteiger partial charge in [0.1, 0.15) is 23.0 Å². The van der Waals surface area contributed by atoms with E-state index in [1.807, 2.05) is 24.3 Å². The average Bonchev–Trinajstić information content (AvgIpc) is 2.83. The number of nitrogens with zero attached hydrogens (tertiary/aromatic N) is 2. The van der Waals surface area contributed by atoms with Gasteiger partial charge in [0, 0.05) is 12.3 Å². The minimum absolute atomic E-state index is 0.150. The van der Waals surface area contributed by atoms with Crippen LogP contribution in [0.1, 0.15) is 5.56 Å². The minimum atomic E-state index is -0.150. The lowest BCUT2D eigenvalue weighted by atomic mass is 10.2. The van der Waals surface area contributed by atoms with Crippen molar-refractivity contribution in [3.63, 3.8) is 0 Å². The summed E-state index contributed by atoms with van der Waals surface area (Å²) < 4.78 is 10.2. The molecule has 5 heteroatoms. The summed E-state index contributed by atoms with van der Waals surface area (Å²) in [5, 5.41) is 0. The number of allylic oxidation sites excluding steroid dienone is 1. The number of hydrogen-bond acceptors (Lipinski definition) is 4. The van der Waals surface area contributed by atoms with Gasteiger partial charge in [-0.05, 0) is 29.8 Å². The van der Waals surface area contributed by atoms with Gasteiger partial charge in [0.2, 0.25) is 0 Å². The van der Waals surface area contributed by atoms with Gasteiger partial charge in [-0.25, -0.2) is 4.99 Å². The normalized spacial score (nSPS) is 18.5. The van der Waals surface area contributed by atoms with Gasteiger partial charge in [-0.3, -0.25) is 9.69 Å². The summed E-state index contributed by atoms with van der Waals surface area (Å²) >= 11 is 0. The second-order valence-corrected chi connectivity index (χ2v) is 4.51. The molecule has 5 nitrogen and oxygen atoms in total. The first-order valence-electron chi connectivity index (χ1n) is 6.43. The van der Waals surface area contributed by atoms with Gasteiger partial charge in [0.15, 0.2) is 0 Å². The molecule has 0 radical (unpaired) electrons. The first-order chi connectivity index (χ1) is 10.2. The van der Waals surface area contributed by atoms with E-state index in [1.54, 1.807) is 38.6 Å². The summed E-state index contributed by atoms with van der Waals surface area (Å²) in [5.41, 5.74) is 1.29. The molecule has 2 aliphatic rings. The van der Waals surface area contributed by atoms with E-state index in [1.165, 1.54) is 4.90 Å². The molecule has 0 bridgehead atoms. The molecular weight excluding hydrogens is 268 g/mol. The fourth-order valence-electron chi connectivity index (χ4n) is 2.10. The number of carbonyl (C=O) groups is 1. The van der Waals surface area contributed by atoms with Crippen LogP contribution >= 0.6 is 0 Å². The molecule has 0 saturated carbocycles. The average molecular weight is 282 g/mol. The molecule has 1 aromatic rings. The number of fused-ring (bicyclic) bond motifs is 1. The van der Waals surface area contributed by atoms with Crippen molar-refractivity contribution in [3.05, 3.63) is 59.6 Å². The number of amides is 1. The van der Waals surface area contributed by atoms with Crippen LogP contribution in [0.3, 0.4) is 0 Å². The standard InChI is InChI=1S/C16H14N2O3/c1-20-12-5-3-11(4-6-12)9-14-16(19)18-8-7-13(21-2)10-15(18)17-14/h3-10H,1-2H3/b14-9-. The van der Waals surface area contributed by atoms with E-state index in [0.717, 1.165) is 11.3 Å². The third-order valence-corrected chi connectivity index (χ3v) is 3.23. The Labute approximate surface area is 122 Å². The van der Waals surface area contributed by atoms with Crippen molar-refractivity contribution in [1.82, 2.24) is 4.90 Å². The lowest BCUT2D eigenvalue weighted by Crippen LogP contribution is -2.27. The lowest BCUT2D eigenvalue weighted by Gasteiger charge is -2.15. The Morgan fingerprint density at radius 1 is 1.14 bits per heavy atom. The van der Waals surface area contributed by atoms with Crippen LogP contribution in [0.4, 0.5) is 0 Å². The molecule has 2 aliphatic heterocycles. The summed E-state index contributed by atoms with van der Waals surface area (Å²) in [4.78, 5) is 18.1. The topological polar surface area (TPSA) is 51.1 Å². The Kier molecular flexibility index (Phi) is 3.31. The molecule has 0 aliphatic carbocycles. The molecule has 0 unspecified atom stereocenters. The van der Waals surface area contributed by atoms with Crippen molar-refractivity contribution >= 4 is 17.8 Å². The molecule has 2 heterocycles. The number of rotatable bonds is 3. The van der Waals surface area contributed by atoms with Crippen LogP contribution in [0, 0.1) is 0 Å². The van der Waals surface area contributed by atoms with Crippen LogP contribution in [0.5, 0.6) is 5.75 Å². The zero-order chi connectivity index (χ0) is 14.8. The molecule has 0 aromatic heterocycles. The summed E-state index contributed by atoms with van der Waals surface area (Å²) in [6.45, 7) is 0. The Morgan fingerprint density at radius 3 is 2.57 bits per heavy atom. The summed E-state index contributed by atoms with van der Waals surface area (Å²) in [6, 6.07) is 7.44. The summed E-state index contributed by atoms with van der Waals surface area (Å²) in [7, 11) is 3.20. The molecular formula is C16H14N2O3. The van der Waals surface area contributed by atoms with Gasteiger partial charge in [0.25, 0.3) is 5.91 Å². The Bertz CT molecular complexity index is 697. The number of benzene rings is 1. The number of methoxy groups -OCH3 is 2. The maximum atomic E-state index is 12.3. The molecule has 1 aromatic carbocycles. The summed E-state index contributed by atoms with van der Waals surface area (Å²) in [6.07, 6.45) is 6.87. The zero-order valence-corrected chi connectivity index (χ0v) is 11.7. The van der Waals surface area contributed by atoms with Crippen LogP contribution in [0.2, 0.25) is 0 Å². The number of ether oxygens (including phenoxy) is 2. The predicted molar refractivity (Wildman–Crippen MR) is 79.5 cm³/mol. The maximum Gasteiger partial charge on any atom is 0.282 e. The third-order valence-electron chi connectivity index (χ3n) is 3.23. The van der Waals surface area contributed by atoms with Crippen molar-refractivity contribution in [3.8, 4) is 5.75 Å². The summed E-state index contributed by atoms with van der Waals surface area (Å²) in [5.74, 6) is 1.86. The highest BCUT2D eigenvalue weighted by molar-refractivity contribution is 6.19. The largest absolute Gasteiger partial charge is 0.497 e. The second-order valence-electron chi connectivity index (χ2n) is 4.51. The van der Waals surface area contributed by atoms with Gasteiger partial charge in [0.05, 0.1) is 14.2 Å². The smallest absolute Gasteiger partial charge is 0.282 e. The highest BCUT2D eigenvalue weighted by Gasteiger charge is 2.29. The predicted octanol–water partition coefficient (Wildman–Crippen LogP) is 2.33. The second kappa shape index (κ2) is 5.28. The van der Waals surface area contributed by atoms with Crippen molar-refractivity contribution in [2.45, 2.75) is 0 Å². The van der Waals surface area contributed by atoms with Crippen LogP contribution in [-0.4, -0.2) is 30.9 Å². The Hall–Kier alpha value is -2.82. The van der Waals surface area contributed by atoms with Crippen molar-refractivity contribution in [2.24, 2.45) is 4.99 Å². The minimum Gasteiger partial charge on any atom is -0.497 e. The molecule has 0 spiro atoms. The van der Waals surface area contributed by atoms with E-state index < -0.39 is 0 Å². The molecule has 0 saturated heterocycles. The molecule has 0 atom stereocenters. The van der Waals surface area contributed by atoms with E-state index >= 15 is 0 Å². The molecule has 21 heavy (non-hydrogen) atoms. The molecule has 1 amide bonds.